The maximum Gasteiger partial charge on any atom is 0.354 e. The molecule has 150 valence electrons. The summed E-state index contributed by atoms with van der Waals surface area (Å²) in [5.41, 5.74) is 4.20. The van der Waals surface area contributed by atoms with Gasteiger partial charge in [-0.25, -0.2) is 14.5 Å². The molecule has 0 aliphatic carbocycles. The first-order valence-electron chi connectivity index (χ1n) is 9.81. The van der Waals surface area contributed by atoms with Crippen molar-refractivity contribution in [1.82, 2.24) is 14.8 Å². The van der Waals surface area contributed by atoms with Crippen molar-refractivity contribution in [3.8, 4) is 16.8 Å². The lowest BCUT2D eigenvalue weighted by Crippen LogP contribution is -2.36. The Morgan fingerprint density at radius 3 is 2.40 bits per heavy atom. The summed E-state index contributed by atoms with van der Waals surface area (Å²) in [6.07, 6.45) is 1.74. The van der Waals surface area contributed by atoms with Gasteiger partial charge in [0.05, 0.1) is 25.1 Å². The van der Waals surface area contributed by atoms with E-state index in [9.17, 15) is 9.90 Å². The molecule has 5 rings (SSSR count). The third kappa shape index (κ3) is 3.29. The fourth-order valence-electron chi connectivity index (χ4n) is 3.78. The molecule has 4 aromatic rings. The number of anilines is 1. The minimum atomic E-state index is -1.07. The van der Waals surface area contributed by atoms with Gasteiger partial charge in [-0.05, 0) is 41.5 Å². The van der Waals surface area contributed by atoms with Crippen LogP contribution in [0.1, 0.15) is 10.5 Å². The third-order valence-electron chi connectivity index (χ3n) is 5.32. The summed E-state index contributed by atoms with van der Waals surface area (Å²) in [5, 5.41) is 14.9. The van der Waals surface area contributed by atoms with E-state index in [-0.39, 0.29) is 5.69 Å². The van der Waals surface area contributed by atoms with Crippen molar-refractivity contribution in [3.05, 3.63) is 72.6 Å². The van der Waals surface area contributed by atoms with Crippen LogP contribution >= 0.6 is 0 Å². The fourth-order valence-corrected chi connectivity index (χ4v) is 3.78. The minimum Gasteiger partial charge on any atom is -0.477 e. The molecule has 7 nitrogen and oxygen atoms in total. The molecule has 2 aromatic heterocycles. The number of hydrogen-bond acceptors (Lipinski definition) is 5. The monoisotopic (exact) mass is 400 g/mol. The first kappa shape index (κ1) is 18.3. The van der Waals surface area contributed by atoms with E-state index in [1.807, 2.05) is 42.5 Å². The maximum absolute atomic E-state index is 11.7. The Kier molecular flexibility index (Phi) is 4.65. The first-order valence-corrected chi connectivity index (χ1v) is 9.81. The second-order valence-electron chi connectivity index (χ2n) is 7.14. The molecule has 30 heavy (non-hydrogen) atoms. The molecule has 0 radical (unpaired) electrons. The number of para-hydroxylation sites is 1. The number of carboxylic acid groups (broad SMARTS) is 1. The highest BCUT2D eigenvalue weighted by Gasteiger charge is 2.17. The number of aromatic nitrogens is 3. The van der Waals surface area contributed by atoms with Crippen LogP contribution in [0.4, 0.5) is 5.69 Å². The van der Waals surface area contributed by atoms with E-state index in [0.717, 1.165) is 54.2 Å². The van der Waals surface area contributed by atoms with E-state index in [1.165, 1.54) is 0 Å². The molecule has 2 aromatic carbocycles. The summed E-state index contributed by atoms with van der Waals surface area (Å²) < 4.78 is 7.10. The smallest absolute Gasteiger partial charge is 0.354 e. The van der Waals surface area contributed by atoms with Gasteiger partial charge in [0.15, 0.2) is 11.3 Å². The predicted octanol–water partition coefficient (Wildman–Crippen LogP) is 3.62. The van der Waals surface area contributed by atoms with Crippen LogP contribution in [-0.2, 0) is 4.74 Å². The lowest BCUT2D eigenvalue weighted by Gasteiger charge is -2.28. The Morgan fingerprint density at radius 1 is 0.967 bits per heavy atom. The van der Waals surface area contributed by atoms with Crippen LogP contribution in [0.3, 0.4) is 0 Å². The number of fused-ring (bicyclic) bond motifs is 1. The van der Waals surface area contributed by atoms with E-state index in [1.54, 1.807) is 16.9 Å². The van der Waals surface area contributed by atoms with Gasteiger partial charge >= 0.3 is 5.97 Å². The summed E-state index contributed by atoms with van der Waals surface area (Å²) in [5.74, 6) is -1.07. The number of carboxylic acids is 1. The molecule has 0 saturated carbocycles. The van der Waals surface area contributed by atoms with Crippen LogP contribution in [0, 0.1) is 0 Å². The molecule has 1 aliphatic heterocycles. The van der Waals surface area contributed by atoms with Crippen molar-refractivity contribution < 1.29 is 14.6 Å². The Labute approximate surface area is 173 Å². The zero-order valence-corrected chi connectivity index (χ0v) is 16.2. The molecule has 0 amide bonds. The normalized spacial score (nSPS) is 14.2. The number of rotatable bonds is 4. The number of nitrogens with zero attached hydrogens (tertiary/aromatic N) is 4. The second-order valence-corrected chi connectivity index (χ2v) is 7.14. The van der Waals surface area contributed by atoms with E-state index in [4.69, 9.17) is 4.74 Å². The maximum atomic E-state index is 11.7. The molecule has 0 atom stereocenters. The van der Waals surface area contributed by atoms with Crippen molar-refractivity contribution in [2.75, 3.05) is 31.2 Å². The van der Waals surface area contributed by atoms with Gasteiger partial charge in [-0.15, -0.1) is 0 Å². The van der Waals surface area contributed by atoms with Gasteiger partial charge in [0.25, 0.3) is 0 Å². The number of hydrogen-bond donors (Lipinski definition) is 1. The zero-order chi connectivity index (χ0) is 20.5. The molecule has 0 spiro atoms. The van der Waals surface area contributed by atoms with E-state index < -0.39 is 5.97 Å². The highest BCUT2D eigenvalue weighted by atomic mass is 16.5. The van der Waals surface area contributed by atoms with E-state index >= 15 is 0 Å². The first-order chi connectivity index (χ1) is 14.7. The average Bonchev–Trinajstić information content (AvgIpc) is 3.24. The van der Waals surface area contributed by atoms with Crippen LogP contribution in [-0.4, -0.2) is 52.1 Å². The highest BCUT2D eigenvalue weighted by Crippen LogP contribution is 2.31. The molecular formula is C23H20N4O3. The minimum absolute atomic E-state index is 0.00700. The summed E-state index contributed by atoms with van der Waals surface area (Å²) >= 11 is 0. The van der Waals surface area contributed by atoms with Crippen LogP contribution in [0.15, 0.2) is 66.9 Å². The van der Waals surface area contributed by atoms with Crippen LogP contribution in [0.5, 0.6) is 0 Å². The topological polar surface area (TPSA) is 80.5 Å². The Balaban J connectivity index is 1.61. The molecule has 0 unspecified atom stereocenters. The van der Waals surface area contributed by atoms with Gasteiger partial charge in [-0.2, -0.15) is 5.10 Å². The Bertz CT molecular complexity index is 1200. The Hall–Kier alpha value is -3.71. The van der Waals surface area contributed by atoms with Crippen molar-refractivity contribution in [2.45, 2.75) is 0 Å². The molecule has 1 aliphatic rings. The third-order valence-corrected chi connectivity index (χ3v) is 5.32. The van der Waals surface area contributed by atoms with Crippen molar-refractivity contribution >= 4 is 22.7 Å². The van der Waals surface area contributed by atoms with Gasteiger partial charge in [0.1, 0.15) is 0 Å². The summed E-state index contributed by atoms with van der Waals surface area (Å²) in [7, 11) is 0. The zero-order valence-electron chi connectivity index (χ0n) is 16.2. The molecule has 1 saturated heterocycles. The highest BCUT2D eigenvalue weighted by molar-refractivity contribution is 5.98. The average molecular weight is 400 g/mol. The fraction of sp³-hybridized carbons (Fsp3) is 0.174. The molecule has 0 bridgehead atoms. The number of benzene rings is 2. The van der Waals surface area contributed by atoms with E-state index in [0.29, 0.717) is 5.65 Å². The lowest BCUT2D eigenvalue weighted by molar-refractivity contribution is 0.0691. The lowest BCUT2D eigenvalue weighted by atomic mass is 10.0. The molecule has 7 heteroatoms. The summed E-state index contributed by atoms with van der Waals surface area (Å²) in [6.45, 7) is 3.19. The number of morpholine rings is 1. The molecule has 3 heterocycles. The predicted molar refractivity (Wildman–Crippen MR) is 114 cm³/mol. The van der Waals surface area contributed by atoms with Crippen LogP contribution in [0.2, 0.25) is 0 Å². The molecule has 1 fully saturated rings. The summed E-state index contributed by atoms with van der Waals surface area (Å²) in [6, 6.07) is 19.4. The van der Waals surface area contributed by atoms with Gasteiger partial charge in [-0.1, -0.05) is 30.3 Å². The van der Waals surface area contributed by atoms with Gasteiger partial charge in [-0.3, -0.25) is 0 Å². The van der Waals surface area contributed by atoms with E-state index in [2.05, 4.69) is 27.1 Å². The van der Waals surface area contributed by atoms with Gasteiger partial charge in [0.2, 0.25) is 0 Å². The van der Waals surface area contributed by atoms with Crippen LogP contribution in [0.25, 0.3) is 27.8 Å². The number of pyridine rings is 1. The van der Waals surface area contributed by atoms with Crippen LogP contribution < -0.4 is 4.90 Å². The molecule has 1 N–H and O–H groups in total. The standard InChI is InChI=1S/C23H20N4O3/c28-23(29)21-14-19(16-6-8-17(9-7-16)26-10-12-30-13-11-26)20-15-24-27(22(20)25-21)18-4-2-1-3-5-18/h1-9,14-15H,10-13H2,(H,28,29). The number of carbonyl (C=O) groups is 1. The van der Waals surface area contributed by atoms with Crippen molar-refractivity contribution in [3.63, 3.8) is 0 Å². The number of ether oxygens (including phenoxy) is 1. The van der Waals surface area contributed by atoms with Crippen molar-refractivity contribution in [2.24, 2.45) is 0 Å². The largest absolute Gasteiger partial charge is 0.477 e. The van der Waals surface area contributed by atoms with Crippen molar-refractivity contribution in [1.29, 1.82) is 0 Å². The van der Waals surface area contributed by atoms with Gasteiger partial charge < -0.3 is 14.7 Å². The quantitative estimate of drug-likeness (QED) is 0.564. The Morgan fingerprint density at radius 2 is 1.70 bits per heavy atom. The molecular weight excluding hydrogens is 380 g/mol. The number of aromatic carboxylic acids is 1. The second kappa shape index (κ2) is 7.61. The summed E-state index contributed by atoms with van der Waals surface area (Å²) in [4.78, 5) is 18.4. The SMILES string of the molecule is O=C(O)c1cc(-c2ccc(N3CCOCC3)cc2)c2cnn(-c3ccccc3)c2n1. The van der Waals surface area contributed by atoms with Gasteiger partial charge in [0, 0.05) is 24.2 Å².